The Morgan fingerprint density at radius 1 is 1.75 bits per heavy atom. The molecule has 0 aromatic rings. The van der Waals surface area contributed by atoms with E-state index in [1.165, 1.54) is 4.90 Å². The Bertz CT molecular complexity index is 172. The van der Waals surface area contributed by atoms with Crippen LogP contribution in [0.1, 0.15) is 20.3 Å². The largest absolute Gasteiger partial charge is 0.465 e. The number of hydrogen-bond acceptors (Lipinski definition) is 2. The summed E-state index contributed by atoms with van der Waals surface area (Å²) in [5, 5.41) is 12.1. The lowest BCUT2D eigenvalue weighted by Gasteiger charge is -2.36. The Kier molecular flexibility index (Phi) is 2.92. The van der Waals surface area contributed by atoms with E-state index in [1.54, 1.807) is 0 Å². The predicted octanol–water partition coefficient (Wildman–Crippen LogP) is 0.737. The van der Waals surface area contributed by atoms with Crippen molar-refractivity contribution in [1.82, 2.24) is 10.2 Å². The molecule has 0 bridgehead atoms. The first-order valence-corrected chi connectivity index (χ1v) is 4.38. The fourth-order valence-electron chi connectivity index (χ4n) is 1.56. The zero-order chi connectivity index (χ0) is 9.14. The van der Waals surface area contributed by atoms with Crippen LogP contribution < -0.4 is 5.32 Å². The minimum absolute atomic E-state index is 0.152. The fraction of sp³-hybridized carbons (Fsp3) is 0.875. The van der Waals surface area contributed by atoms with Crippen molar-refractivity contribution in [3.63, 3.8) is 0 Å². The smallest absolute Gasteiger partial charge is 0.407 e. The standard InChI is InChI=1S/C8H16N2O2/c1-3-7-4-9-6(2)5-10(7)8(11)12/h6-7,9H,3-5H2,1-2H3,(H,11,12). The summed E-state index contributed by atoms with van der Waals surface area (Å²) in [4.78, 5) is 12.3. The first-order chi connectivity index (χ1) is 5.65. The van der Waals surface area contributed by atoms with Gasteiger partial charge in [-0.25, -0.2) is 4.79 Å². The number of carbonyl (C=O) groups is 1. The molecule has 0 radical (unpaired) electrons. The summed E-state index contributed by atoms with van der Waals surface area (Å²) in [7, 11) is 0. The topological polar surface area (TPSA) is 52.6 Å². The van der Waals surface area contributed by atoms with Gasteiger partial charge in [-0.3, -0.25) is 0 Å². The predicted molar refractivity (Wildman–Crippen MR) is 46.3 cm³/mol. The van der Waals surface area contributed by atoms with Gasteiger partial charge in [-0.15, -0.1) is 0 Å². The Morgan fingerprint density at radius 3 is 2.92 bits per heavy atom. The first kappa shape index (κ1) is 9.32. The van der Waals surface area contributed by atoms with Crippen molar-refractivity contribution >= 4 is 6.09 Å². The maximum atomic E-state index is 10.8. The Balaban J connectivity index is 2.58. The highest BCUT2D eigenvalue weighted by molar-refractivity contribution is 5.65. The SMILES string of the molecule is CCC1CNC(C)CN1C(=O)O. The van der Waals surface area contributed by atoms with Gasteiger partial charge in [0.2, 0.25) is 0 Å². The van der Waals surface area contributed by atoms with Crippen LogP contribution in [0.3, 0.4) is 0 Å². The van der Waals surface area contributed by atoms with Gasteiger partial charge in [0.05, 0.1) is 0 Å². The van der Waals surface area contributed by atoms with Crippen LogP contribution in [-0.2, 0) is 0 Å². The van der Waals surface area contributed by atoms with Crippen LogP contribution in [0.4, 0.5) is 4.79 Å². The number of carboxylic acid groups (broad SMARTS) is 1. The molecule has 4 heteroatoms. The molecule has 1 amide bonds. The zero-order valence-corrected chi connectivity index (χ0v) is 7.58. The molecule has 4 nitrogen and oxygen atoms in total. The average molecular weight is 172 g/mol. The van der Waals surface area contributed by atoms with E-state index in [2.05, 4.69) is 5.32 Å². The van der Waals surface area contributed by atoms with Crippen molar-refractivity contribution in [3.8, 4) is 0 Å². The van der Waals surface area contributed by atoms with Gasteiger partial charge in [0.1, 0.15) is 0 Å². The molecule has 0 saturated carbocycles. The van der Waals surface area contributed by atoms with Gasteiger partial charge in [-0.05, 0) is 13.3 Å². The van der Waals surface area contributed by atoms with Crippen molar-refractivity contribution in [1.29, 1.82) is 0 Å². The summed E-state index contributed by atoms with van der Waals surface area (Å²) in [6.07, 6.45) is 0.0849. The van der Waals surface area contributed by atoms with Crippen molar-refractivity contribution in [2.75, 3.05) is 13.1 Å². The maximum Gasteiger partial charge on any atom is 0.407 e. The molecule has 12 heavy (non-hydrogen) atoms. The van der Waals surface area contributed by atoms with Gasteiger partial charge in [0, 0.05) is 25.2 Å². The molecule has 2 unspecified atom stereocenters. The normalized spacial score (nSPS) is 30.3. The minimum Gasteiger partial charge on any atom is -0.465 e. The van der Waals surface area contributed by atoms with Crippen molar-refractivity contribution < 1.29 is 9.90 Å². The van der Waals surface area contributed by atoms with Crippen LogP contribution in [0.15, 0.2) is 0 Å². The molecule has 1 heterocycles. The number of nitrogens with zero attached hydrogens (tertiary/aromatic N) is 1. The van der Waals surface area contributed by atoms with E-state index in [9.17, 15) is 4.79 Å². The van der Waals surface area contributed by atoms with Gasteiger partial charge < -0.3 is 15.3 Å². The highest BCUT2D eigenvalue weighted by Crippen LogP contribution is 2.09. The highest BCUT2D eigenvalue weighted by atomic mass is 16.4. The van der Waals surface area contributed by atoms with Crippen molar-refractivity contribution in [3.05, 3.63) is 0 Å². The molecule has 2 atom stereocenters. The van der Waals surface area contributed by atoms with Crippen LogP contribution in [0.5, 0.6) is 0 Å². The Morgan fingerprint density at radius 2 is 2.42 bits per heavy atom. The third-order valence-electron chi connectivity index (χ3n) is 2.33. The molecule has 1 saturated heterocycles. The molecular weight excluding hydrogens is 156 g/mol. The van der Waals surface area contributed by atoms with Crippen molar-refractivity contribution in [2.24, 2.45) is 0 Å². The molecule has 0 aliphatic carbocycles. The minimum atomic E-state index is -0.796. The number of amides is 1. The highest BCUT2D eigenvalue weighted by Gasteiger charge is 2.27. The van der Waals surface area contributed by atoms with Gasteiger partial charge >= 0.3 is 6.09 Å². The average Bonchev–Trinajstić information content (AvgIpc) is 2.04. The van der Waals surface area contributed by atoms with Gasteiger partial charge in [-0.1, -0.05) is 6.92 Å². The molecule has 1 fully saturated rings. The summed E-state index contributed by atoms with van der Waals surface area (Å²) in [6, 6.07) is 0.433. The van der Waals surface area contributed by atoms with Crippen LogP contribution >= 0.6 is 0 Å². The van der Waals surface area contributed by atoms with Crippen molar-refractivity contribution in [2.45, 2.75) is 32.4 Å². The van der Waals surface area contributed by atoms with Crippen LogP contribution in [-0.4, -0.2) is 41.3 Å². The third kappa shape index (κ3) is 1.88. The van der Waals surface area contributed by atoms with Gasteiger partial charge in [0.15, 0.2) is 0 Å². The van der Waals surface area contributed by atoms with Crippen LogP contribution in [0, 0.1) is 0 Å². The van der Waals surface area contributed by atoms with E-state index >= 15 is 0 Å². The quantitative estimate of drug-likeness (QED) is 0.613. The summed E-state index contributed by atoms with van der Waals surface area (Å²) >= 11 is 0. The second-order valence-electron chi connectivity index (χ2n) is 3.31. The fourth-order valence-corrected chi connectivity index (χ4v) is 1.56. The Hall–Kier alpha value is -0.770. The number of nitrogens with one attached hydrogen (secondary N) is 1. The third-order valence-corrected chi connectivity index (χ3v) is 2.33. The monoisotopic (exact) mass is 172 g/mol. The Labute approximate surface area is 72.6 Å². The maximum absolute atomic E-state index is 10.8. The molecule has 1 aliphatic rings. The molecule has 0 spiro atoms. The van der Waals surface area contributed by atoms with E-state index in [-0.39, 0.29) is 12.1 Å². The first-order valence-electron chi connectivity index (χ1n) is 4.38. The van der Waals surface area contributed by atoms with Gasteiger partial charge in [-0.2, -0.15) is 0 Å². The molecule has 1 aliphatic heterocycles. The summed E-state index contributed by atoms with van der Waals surface area (Å²) in [5.41, 5.74) is 0. The van der Waals surface area contributed by atoms with E-state index in [0.29, 0.717) is 6.54 Å². The molecule has 0 aromatic heterocycles. The van der Waals surface area contributed by atoms with Crippen LogP contribution in [0.2, 0.25) is 0 Å². The summed E-state index contributed by atoms with van der Waals surface area (Å²) < 4.78 is 0. The molecule has 1 rings (SSSR count). The molecule has 2 N–H and O–H groups in total. The van der Waals surface area contributed by atoms with E-state index < -0.39 is 6.09 Å². The number of piperazine rings is 1. The van der Waals surface area contributed by atoms with E-state index in [1.807, 2.05) is 13.8 Å². The number of hydrogen-bond donors (Lipinski definition) is 2. The zero-order valence-electron chi connectivity index (χ0n) is 7.58. The van der Waals surface area contributed by atoms with Crippen LogP contribution in [0.25, 0.3) is 0 Å². The lowest BCUT2D eigenvalue weighted by Crippen LogP contribution is -2.56. The van der Waals surface area contributed by atoms with Gasteiger partial charge in [0.25, 0.3) is 0 Å². The second-order valence-corrected chi connectivity index (χ2v) is 3.31. The lowest BCUT2D eigenvalue weighted by molar-refractivity contribution is 0.0996. The van der Waals surface area contributed by atoms with E-state index in [0.717, 1.165) is 13.0 Å². The molecular formula is C8H16N2O2. The number of rotatable bonds is 1. The lowest BCUT2D eigenvalue weighted by atomic mass is 10.1. The second kappa shape index (κ2) is 3.76. The molecule has 0 aromatic carbocycles. The van der Waals surface area contributed by atoms with E-state index in [4.69, 9.17) is 5.11 Å². The summed E-state index contributed by atoms with van der Waals surface area (Å²) in [5.74, 6) is 0. The summed E-state index contributed by atoms with van der Waals surface area (Å²) in [6.45, 7) is 5.40. The molecule has 70 valence electrons.